The molecule has 7 heterocycles. The summed E-state index contributed by atoms with van der Waals surface area (Å²) in [5, 5.41) is 142. The van der Waals surface area contributed by atoms with Crippen molar-refractivity contribution in [3.63, 3.8) is 0 Å². The van der Waals surface area contributed by atoms with Gasteiger partial charge in [-0.05, 0) is 109 Å². The Morgan fingerprint density at radius 1 is 0.705 bits per heavy atom. The number of carboxylic acids is 2. The van der Waals surface area contributed by atoms with Gasteiger partial charge in [-0.1, -0.05) is 81.4 Å². The zero-order valence-electron chi connectivity index (χ0n) is 60.9. The molecule has 0 radical (unpaired) electrons. The molecule has 112 heavy (non-hydrogen) atoms. The Morgan fingerprint density at radius 2 is 1.33 bits per heavy atom. The van der Waals surface area contributed by atoms with Crippen molar-refractivity contribution in [3.8, 4) is 57.1 Å². The minimum Gasteiger partial charge on any atom is -0.508 e. The number of aliphatic hydroxyl groups is 6. The molecule has 12 unspecified atom stereocenters. The summed E-state index contributed by atoms with van der Waals surface area (Å²) in [6.07, 6.45) is -18.0. The number of hydrogen-bond donors (Lipinski definition) is 20. The molecular formula is C74H89Cl2N9O27. The number of carboxylic acid groups (broad SMARTS) is 2. The molecule has 7 amide bonds. The van der Waals surface area contributed by atoms with E-state index in [0.717, 1.165) is 92.1 Å². The number of aliphatic carboxylic acids is 2. The molecule has 7 aliphatic heterocycles. The third-order valence-corrected chi connectivity index (χ3v) is 20.3. The second-order valence-corrected chi connectivity index (χ2v) is 29.3. The number of carbonyl (C=O) groups is 9. The normalized spacial score (nSPS) is 28.0. The van der Waals surface area contributed by atoms with Gasteiger partial charge in [0, 0.05) is 47.9 Å². The number of aromatic hydroxyl groups is 3. The summed E-state index contributed by atoms with van der Waals surface area (Å²) in [6.45, 7) is 7.28. The van der Waals surface area contributed by atoms with Crippen molar-refractivity contribution in [2.75, 3.05) is 19.8 Å². The first-order valence-electron chi connectivity index (χ1n) is 35.8. The summed E-state index contributed by atoms with van der Waals surface area (Å²) >= 11 is 14.2. The zero-order chi connectivity index (χ0) is 81.6. The van der Waals surface area contributed by atoms with Crippen molar-refractivity contribution in [1.82, 2.24) is 37.2 Å². The number of halogens is 2. The van der Waals surface area contributed by atoms with Crippen LogP contribution in [0, 0.1) is 5.92 Å². The van der Waals surface area contributed by atoms with Crippen LogP contribution in [-0.2, 0) is 62.1 Å². The third-order valence-electron chi connectivity index (χ3n) is 19.7. The van der Waals surface area contributed by atoms with Crippen molar-refractivity contribution in [1.29, 1.82) is 0 Å². The molecule has 38 heteroatoms. The van der Waals surface area contributed by atoms with Gasteiger partial charge < -0.3 is 138 Å². The van der Waals surface area contributed by atoms with Gasteiger partial charge in [-0.15, -0.1) is 0 Å². The van der Waals surface area contributed by atoms with Crippen LogP contribution >= 0.6 is 23.2 Å². The first-order valence-corrected chi connectivity index (χ1v) is 36.6. The molecule has 0 aromatic heterocycles. The molecule has 2 fully saturated rings. The second kappa shape index (κ2) is 35.9. The average molecular weight is 1610 g/mol. The van der Waals surface area contributed by atoms with E-state index in [0.29, 0.717) is 6.42 Å². The Kier molecular flexibility index (Phi) is 27.2. The van der Waals surface area contributed by atoms with Gasteiger partial charge >= 0.3 is 11.9 Å². The van der Waals surface area contributed by atoms with E-state index < -0.39 is 254 Å². The summed E-state index contributed by atoms with van der Waals surface area (Å²) in [7, 11) is 0. The number of nitrogens with one attached hydrogen (secondary N) is 7. The van der Waals surface area contributed by atoms with E-state index in [9.17, 15) is 84.9 Å². The molecule has 19 atom stereocenters. The summed E-state index contributed by atoms with van der Waals surface area (Å²) in [5.41, 5.74) is 7.50. The van der Waals surface area contributed by atoms with Gasteiger partial charge in [0.25, 0.3) is 0 Å². The highest BCUT2D eigenvalue weighted by molar-refractivity contribution is 6.32. The predicted octanol–water partition coefficient (Wildman–Crippen LogP) is 1.53. The molecule has 11 bridgehead atoms. The van der Waals surface area contributed by atoms with Crippen LogP contribution in [-0.4, -0.2) is 214 Å². The van der Waals surface area contributed by atoms with Crippen LogP contribution < -0.4 is 62.9 Å². The van der Waals surface area contributed by atoms with Gasteiger partial charge in [0.15, 0.2) is 36.0 Å². The molecule has 0 aliphatic carbocycles. The van der Waals surface area contributed by atoms with Crippen LogP contribution in [0.3, 0.4) is 0 Å². The van der Waals surface area contributed by atoms with Gasteiger partial charge in [-0.25, -0.2) is 9.59 Å². The third kappa shape index (κ3) is 19.1. The maximum Gasteiger partial charge on any atom is 0.334 e. The first kappa shape index (κ1) is 84.7. The second-order valence-electron chi connectivity index (χ2n) is 28.5. The van der Waals surface area contributed by atoms with Crippen molar-refractivity contribution >= 4 is 76.5 Å². The lowest BCUT2D eigenvalue weighted by Gasteiger charge is -2.48. The monoisotopic (exact) mass is 1610 g/mol. The van der Waals surface area contributed by atoms with E-state index in [2.05, 4.69) is 37.2 Å². The summed E-state index contributed by atoms with van der Waals surface area (Å²) < 4.78 is 44.7. The average Bonchev–Trinajstić information content (AvgIpc) is 0.767. The number of benzene rings is 5. The predicted molar refractivity (Wildman–Crippen MR) is 390 cm³/mol. The van der Waals surface area contributed by atoms with Crippen molar-refractivity contribution in [3.05, 3.63) is 117 Å². The number of phenolic OH excluding ortho intramolecular Hbond substituents is 3. The molecule has 606 valence electrons. The fourth-order valence-electron chi connectivity index (χ4n) is 13.7. The number of fused-ring (bicyclic) bond motifs is 15. The van der Waals surface area contributed by atoms with E-state index in [1.807, 2.05) is 6.92 Å². The van der Waals surface area contributed by atoms with E-state index in [4.69, 9.17) is 67.8 Å². The zero-order valence-corrected chi connectivity index (χ0v) is 62.4. The maximum atomic E-state index is 16.1. The van der Waals surface area contributed by atoms with E-state index in [-0.39, 0.29) is 54.4 Å². The largest absolute Gasteiger partial charge is 0.508 e. The SMILES string of the molecule is CCCCCCOC(CNC1(C)CC(OC2C(Oc3c4cc5cc3Oc3ccc(cc3Cl)[C@@H](O)[C@@H]3NC(=O)C(NC(=O)[C@@H]5NC(=O)[C@H](CC(N)=O)NC(=O)C(NC(=O)[C@H](N)CC(C)C)[C@H](O)c5ccc(c(Cl)c5)O4)c4ccc(O)c(c4)-c4c(O)cc(O)cc4[C@H](C(=O)O)NC3=O)OC(CO)C(O)C2O)OC(C)C1O)C(=O)O. The number of amides is 7. The lowest BCUT2D eigenvalue weighted by Crippen LogP contribution is -2.66. The molecule has 2 saturated heterocycles. The quantitative estimate of drug-likeness (QED) is 0.0437. The molecule has 0 saturated carbocycles. The number of rotatable bonds is 22. The summed E-state index contributed by atoms with van der Waals surface area (Å²) in [5.74, 6) is -18.0. The number of phenols is 3. The van der Waals surface area contributed by atoms with Gasteiger partial charge in [0.1, 0.15) is 89.5 Å². The number of nitrogens with two attached hydrogens (primary N) is 2. The number of hydrogen-bond acceptors (Lipinski definition) is 27. The fourth-order valence-corrected chi connectivity index (χ4v) is 14.2. The van der Waals surface area contributed by atoms with Crippen LogP contribution in [0.1, 0.15) is 138 Å². The summed E-state index contributed by atoms with van der Waals surface area (Å²) in [4.78, 5) is 130. The van der Waals surface area contributed by atoms with Crippen LogP contribution in [0.15, 0.2) is 78.9 Å². The van der Waals surface area contributed by atoms with Crippen LogP contribution in [0.5, 0.6) is 46.0 Å². The first-order chi connectivity index (χ1) is 53.0. The number of ether oxygens (including phenoxy) is 7. The van der Waals surface area contributed by atoms with Gasteiger partial charge in [0.05, 0.1) is 41.3 Å². The highest BCUT2D eigenvalue weighted by atomic mass is 35.5. The Hall–Kier alpha value is -9.77. The van der Waals surface area contributed by atoms with Crippen LogP contribution in [0.2, 0.25) is 10.0 Å². The molecule has 5 aromatic rings. The molecule has 36 nitrogen and oxygen atoms in total. The summed E-state index contributed by atoms with van der Waals surface area (Å²) in [6, 6.07) is -1.53. The molecule has 12 rings (SSSR count). The minimum atomic E-state index is -2.39. The topological polar surface area (TPSA) is 577 Å². The Bertz CT molecular complexity index is 4390. The van der Waals surface area contributed by atoms with Crippen molar-refractivity contribution in [2.45, 2.75) is 195 Å². The molecule has 7 aliphatic rings. The molecular weight excluding hydrogens is 1520 g/mol. The molecule has 0 spiro atoms. The smallest absolute Gasteiger partial charge is 0.334 e. The lowest BCUT2D eigenvalue weighted by atomic mass is 9.84. The Labute approximate surface area is 649 Å². The van der Waals surface area contributed by atoms with Gasteiger partial charge in [-0.2, -0.15) is 0 Å². The maximum absolute atomic E-state index is 16.1. The standard InChI is InChI=1S/C74H89Cl2N9O27/c1-6-7-8-9-16-106-48(71(102)103)27-79-74(5)26-51(107-30(4)64(74)95)111-63-61(94)60(93)49(28-86)110-73(63)112-62-46-21-34-22-47(62)109-45-15-12-33(20-39(45)76)59(92)57-70(101)83-55(72(104)105)37-23-35(87)24-43(89)52(37)36-18-31(10-13-42(36)88)53(67(98)85-57)82-68(99)54(34)81-66(97)41(25-50(78)90)80-69(100)56(84-65(96)40(77)17-29(2)3)58(91)32-11-14-44(108-46)38(75)19-32/h10-15,18-24,29-30,40-41,48-49,51,53-61,63-64,73,79,86-89,91-95H,6-9,16-17,25-28,77H2,1-5H3,(H2,78,90)(H,80,100)(H,81,97)(H,82,99)(H,83,101)(H,84,96)(H,85,98)(H,102,103)(H,104,105)/t30?,40-,41+,48?,49?,51?,53?,54-,55-,56?,57+,58-,59-,60?,61?,63?,64?,73?,74?/m1/s1. The van der Waals surface area contributed by atoms with Crippen molar-refractivity contribution < 1.29 is 132 Å². The number of primary amides is 1. The van der Waals surface area contributed by atoms with Gasteiger partial charge in [-0.3, -0.25) is 33.6 Å². The molecule has 5 aromatic carbocycles. The Morgan fingerprint density at radius 3 is 1.94 bits per heavy atom. The number of aliphatic hydroxyl groups excluding tert-OH is 6. The number of unbranched alkanes of at least 4 members (excludes halogenated alkanes) is 3. The van der Waals surface area contributed by atoms with E-state index >= 15 is 14.4 Å². The minimum absolute atomic E-state index is 0.0576. The Balaban J connectivity index is 1.19. The highest BCUT2D eigenvalue weighted by Gasteiger charge is 2.52. The number of carbonyl (C=O) groups excluding carboxylic acids is 7. The van der Waals surface area contributed by atoms with Gasteiger partial charge in [0.2, 0.25) is 53.4 Å². The van der Waals surface area contributed by atoms with E-state index in [1.165, 1.54) is 13.0 Å². The lowest BCUT2D eigenvalue weighted by molar-refractivity contribution is -0.334. The van der Waals surface area contributed by atoms with Crippen molar-refractivity contribution in [2.24, 2.45) is 17.4 Å². The van der Waals surface area contributed by atoms with E-state index in [1.54, 1.807) is 20.8 Å². The highest BCUT2D eigenvalue weighted by Crippen LogP contribution is 2.50. The molecule has 22 N–H and O–H groups in total. The van der Waals surface area contributed by atoms with Crippen LogP contribution in [0.4, 0.5) is 0 Å². The van der Waals surface area contributed by atoms with Crippen LogP contribution in [0.25, 0.3) is 11.1 Å². The fraction of sp³-hybridized carbons (Fsp3) is 0.473.